The Morgan fingerprint density at radius 1 is 1.44 bits per heavy atom. The number of halogens is 1. The largest absolute Gasteiger partial charge is 0.490 e. The van der Waals surface area contributed by atoms with Crippen molar-refractivity contribution in [2.24, 2.45) is 5.92 Å². The second-order valence-corrected chi connectivity index (χ2v) is 6.12. The van der Waals surface area contributed by atoms with E-state index in [0.717, 1.165) is 6.42 Å². The first-order valence-corrected chi connectivity index (χ1v) is 6.52. The minimum Gasteiger partial charge on any atom is -0.490 e. The Hall–Kier alpha value is -1.03. The van der Waals surface area contributed by atoms with Gasteiger partial charge in [0, 0.05) is 0 Å². The zero-order valence-electron chi connectivity index (χ0n) is 11.7. The average molecular weight is 273 g/mol. The normalized spacial score (nSPS) is 11.9. The van der Waals surface area contributed by atoms with Gasteiger partial charge in [-0.3, -0.25) is 4.79 Å². The molecule has 0 aliphatic heterocycles. The molecule has 1 aromatic rings. The van der Waals surface area contributed by atoms with Gasteiger partial charge in [-0.25, -0.2) is 4.68 Å². The van der Waals surface area contributed by atoms with E-state index in [2.05, 4.69) is 18.9 Å². The minimum atomic E-state index is -0.392. The van der Waals surface area contributed by atoms with Gasteiger partial charge in [-0.15, -0.1) is 0 Å². The molecule has 0 bridgehead atoms. The second kappa shape index (κ2) is 5.74. The van der Waals surface area contributed by atoms with E-state index in [-0.39, 0.29) is 10.6 Å². The summed E-state index contributed by atoms with van der Waals surface area (Å²) in [6.45, 7) is 10.5. The van der Waals surface area contributed by atoms with Gasteiger partial charge in [0.25, 0.3) is 5.56 Å². The summed E-state index contributed by atoms with van der Waals surface area (Å²) in [4.78, 5) is 12.0. The summed E-state index contributed by atoms with van der Waals surface area (Å²) in [5.41, 5.74) is -0.705. The fourth-order valence-corrected chi connectivity index (χ4v) is 1.58. The van der Waals surface area contributed by atoms with E-state index >= 15 is 0 Å². The fourth-order valence-electron chi connectivity index (χ4n) is 1.40. The topological polar surface area (TPSA) is 44.1 Å². The van der Waals surface area contributed by atoms with E-state index in [1.54, 1.807) is 0 Å². The van der Waals surface area contributed by atoms with Gasteiger partial charge in [-0.05, 0) is 33.1 Å². The van der Waals surface area contributed by atoms with Gasteiger partial charge in [0.05, 0.1) is 18.3 Å². The van der Waals surface area contributed by atoms with Crippen molar-refractivity contribution in [1.29, 1.82) is 0 Å². The lowest BCUT2D eigenvalue weighted by atomic mass is 10.1. The van der Waals surface area contributed by atoms with Crippen LogP contribution in [0.1, 0.15) is 41.0 Å². The van der Waals surface area contributed by atoms with Gasteiger partial charge in [-0.1, -0.05) is 25.4 Å². The number of aromatic nitrogens is 2. The molecule has 0 amide bonds. The zero-order valence-corrected chi connectivity index (χ0v) is 12.4. The van der Waals surface area contributed by atoms with Crippen LogP contribution in [0.15, 0.2) is 11.0 Å². The number of rotatable bonds is 4. The van der Waals surface area contributed by atoms with Gasteiger partial charge in [0.15, 0.2) is 10.8 Å². The Labute approximate surface area is 113 Å². The quantitative estimate of drug-likeness (QED) is 0.846. The molecule has 1 aromatic heterocycles. The van der Waals surface area contributed by atoms with Crippen LogP contribution in [-0.4, -0.2) is 16.4 Å². The van der Waals surface area contributed by atoms with Crippen LogP contribution in [0.25, 0.3) is 0 Å². The van der Waals surface area contributed by atoms with E-state index in [1.807, 2.05) is 20.8 Å². The maximum absolute atomic E-state index is 12.0. The van der Waals surface area contributed by atoms with Crippen LogP contribution in [0.4, 0.5) is 0 Å². The number of nitrogens with zero attached hydrogens (tertiary/aromatic N) is 2. The van der Waals surface area contributed by atoms with Crippen molar-refractivity contribution in [3.63, 3.8) is 0 Å². The first-order chi connectivity index (χ1) is 8.23. The molecule has 0 N–H and O–H groups in total. The van der Waals surface area contributed by atoms with E-state index in [1.165, 1.54) is 10.9 Å². The first kappa shape index (κ1) is 15.0. The molecule has 1 heterocycles. The number of hydrogen-bond donors (Lipinski definition) is 0. The molecular formula is C13H21ClN2O2. The number of ether oxygens (including phenoxy) is 1. The summed E-state index contributed by atoms with van der Waals surface area (Å²) in [6.07, 6.45) is 2.42. The molecule has 0 fully saturated rings. The summed E-state index contributed by atoms with van der Waals surface area (Å²) in [5.74, 6) is 0.912. The first-order valence-electron chi connectivity index (χ1n) is 6.14. The van der Waals surface area contributed by atoms with Crippen LogP contribution in [0, 0.1) is 5.92 Å². The molecule has 0 saturated heterocycles. The molecule has 102 valence electrons. The molecule has 18 heavy (non-hydrogen) atoms. The van der Waals surface area contributed by atoms with Crippen LogP contribution >= 0.6 is 11.6 Å². The van der Waals surface area contributed by atoms with Crippen molar-refractivity contribution in [3.05, 3.63) is 21.6 Å². The molecule has 0 aliphatic carbocycles. The van der Waals surface area contributed by atoms with Crippen molar-refractivity contribution >= 4 is 11.6 Å². The van der Waals surface area contributed by atoms with E-state index < -0.39 is 5.54 Å². The summed E-state index contributed by atoms with van der Waals surface area (Å²) < 4.78 is 6.85. The third kappa shape index (κ3) is 3.73. The lowest BCUT2D eigenvalue weighted by Gasteiger charge is -2.21. The number of hydrogen-bond acceptors (Lipinski definition) is 3. The Morgan fingerprint density at radius 3 is 2.56 bits per heavy atom. The summed E-state index contributed by atoms with van der Waals surface area (Å²) >= 11 is 6.02. The SMILES string of the molecule is CC(C)CCOc1cnn(C(C)(C)C)c(=O)c1Cl. The molecule has 0 aromatic carbocycles. The average Bonchev–Trinajstić information content (AvgIpc) is 2.22. The van der Waals surface area contributed by atoms with E-state index in [9.17, 15) is 4.79 Å². The minimum absolute atomic E-state index is 0.101. The van der Waals surface area contributed by atoms with Crippen molar-refractivity contribution in [2.75, 3.05) is 6.61 Å². The zero-order chi connectivity index (χ0) is 13.9. The molecule has 4 nitrogen and oxygen atoms in total. The Balaban J connectivity index is 2.92. The summed E-state index contributed by atoms with van der Waals surface area (Å²) in [6, 6.07) is 0. The molecular weight excluding hydrogens is 252 g/mol. The molecule has 0 unspecified atom stereocenters. The maximum Gasteiger partial charge on any atom is 0.289 e. The molecule has 1 rings (SSSR count). The van der Waals surface area contributed by atoms with Crippen molar-refractivity contribution in [3.8, 4) is 5.75 Å². The smallest absolute Gasteiger partial charge is 0.289 e. The lowest BCUT2D eigenvalue weighted by molar-refractivity contribution is 0.280. The molecule has 0 atom stereocenters. The highest BCUT2D eigenvalue weighted by molar-refractivity contribution is 6.31. The molecule has 0 aliphatic rings. The molecule has 0 saturated carbocycles. The standard InChI is InChI=1S/C13H21ClN2O2/c1-9(2)6-7-18-10-8-15-16(13(3,4)5)12(17)11(10)14/h8-9H,6-7H2,1-5H3. The van der Waals surface area contributed by atoms with Crippen molar-refractivity contribution in [2.45, 2.75) is 46.6 Å². The second-order valence-electron chi connectivity index (χ2n) is 5.74. The van der Waals surface area contributed by atoms with Crippen LogP contribution in [0.3, 0.4) is 0 Å². The maximum atomic E-state index is 12.0. The molecule has 5 heteroatoms. The van der Waals surface area contributed by atoms with Crippen LogP contribution < -0.4 is 10.3 Å². The highest BCUT2D eigenvalue weighted by atomic mass is 35.5. The lowest BCUT2D eigenvalue weighted by Crippen LogP contribution is -2.36. The monoisotopic (exact) mass is 272 g/mol. The Morgan fingerprint density at radius 2 is 2.06 bits per heavy atom. The predicted octanol–water partition coefficient (Wildman–Crippen LogP) is 3.08. The van der Waals surface area contributed by atoms with Gasteiger partial charge in [0.2, 0.25) is 0 Å². The fraction of sp³-hybridized carbons (Fsp3) is 0.692. The third-order valence-corrected chi connectivity index (χ3v) is 2.82. The van der Waals surface area contributed by atoms with Gasteiger partial charge >= 0.3 is 0 Å². The molecule has 0 radical (unpaired) electrons. The highest BCUT2D eigenvalue weighted by Gasteiger charge is 2.19. The third-order valence-electron chi connectivity index (χ3n) is 2.48. The van der Waals surface area contributed by atoms with Crippen LogP contribution in [-0.2, 0) is 5.54 Å². The molecule has 0 spiro atoms. The predicted molar refractivity (Wildman–Crippen MR) is 73.5 cm³/mol. The highest BCUT2D eigenvalue weighted by Crippen LogP contribution is 2.21. The summed E-state index contributed by atoms with van der Waals surface area (Å²) in [5, 5.41) is 4.20. The van der Waals surface area contributed by atoms with Gasteiger partial charge in [-0.2, -0.15) is 5.10 Å². The van der Waals surface area contributed by atoms with Crippen molar-refractivity contribution < 1.29 is 4.74 Å². The Kier molecular flexibility index (Phi) is 4.79. The van der Waals surface area contributed by atoms with Gasteiger partial charge < -0.3 is 4.74 Å². The van der Waals surface area contributed by atoms with Crippen LogP contribution in [0.2, 0.25) is 5.02 Å². The van der Waals surface area contributed by atoms with E-state index in [4.69, 9.17) is 16.3 Å². The van der Waals surface area contributed by atoms with Crippen LogP contribution in [0.5, 0.6) is 5.75 Å². The van der Waals surface area contributed by atoms with E-state index in [0.29, 0.717) is 18.3 Å². The van der Waals surface area contributed by atoms with Gasteiger partial charge in [0.1, 0.15) is 0 Å². The van der Waals surface area contributed by atoms with Crippen molar-refractivity contribution in [1.82, 2.24) is 9.78 Å². The summed E-state index contributed by atoms with van der Waals surface area (Å²) in [7, 11) is 0. The Bertz CT molecular complexity index is 461.